The number of aromatic nitrogens is 1. The molecule has 4 rings (SSSR count). The minimum atomic E-state index is -1.01. The summed E-state index contributed by atoms with van der Waals surface area (Å²) >= 11 is 0. The van der Waals surface area contributed by atoms with Crippen LogP contribution in [0.3, 0.4) is 0 Å². The zero-order chi connectivity index (χ0) is 22.6. The summed E-state index contributed by atoms with van der Waals surface area (Å²) in [6, 6.07) is 18.4. The van der Waals surface area contributed by atoms with E-state index in [2.05, 4.69) is 4.98 Å². The number of likely N-dealkylation sites (tertiary alicyclic amines) is 1. The largest absolute Gasteiger partial charge is 0.489 e. The van der Waals surface area contributed by atoms with Crippen LogP contribution in [0.5, 0.6) is 5.75 Å². The molecule has 1 atom stereocenters. The third-order valence-electron chi connectivity index (χ3n) is 5.78. The first-order valence-corrected chi connectivity index (χ1v) is 10.5. The van der Waals surface area contributed by atoms with Gasteiger partial charge in [-0.05, 0) is 60.9 Å². The highest BCUT2D eigenvalue weighted by Crippen LogP contribution is 2.33. The average Bonchev–Trinajstić information content (AvgIpc) is 2.83. The Morgan fingerprint density at radius 3 is 2.69 bits per heavy atom. The Hall–Kier alpha value is -3.74. The predicted octanol–water partition coefficient (Wildman–Crippen LogP) is 3.46. The number of hydrogen-bond donors (Lipinski definition) is 1. The van der Waals surface area contributed by atoms with Gasteiger partial charge in [-0.1, -0.05) is 24.3 Å². The number of nitrogens with two attached hydrogens (primary N) is 1. The number of benzene rings is 2. The molecule has 32 heavy (non-hydrogen) atoms. The number of amides is 2. The maximum absolute atomic E-state index is 13.4. The Morgan fingerprint density at radius 1 is 1.09 bits per heavy atom. The lowest BCUT2D eigenvalue weighted by Gasteiger charge is -2.40. The molecule has 1 aliphatic rings. The number of carbonyl (C=O) groups excluding carboxylic acids is 2. The third-order valence-corrected chi connectivity index (χ3v) is 5.78. The van der Waals surface area contributed by atoms with Crippen molar-refractivity contribution in [2.75, 3.05) is 13.1 Å². The molecule has 7 heteroatoms. The van der Waals surface area contributed by atoms with Crippen molar-refractivity contribution in [3.63, 3.8) is 0 Å². The van der Waals surface area contributed by atoms with Crippen LogP contribution in [0.4, 0.5) is 4.39 Å². The maximum Gasteiger partial charge on any atom is 0.254 e. The van der Waals surface area contributed by atoms with E-state index in [9.17, 15) is 14.0 Å². The monoisotopic (exact) mass is 433 g/mol. The first kappa shape index (κ1) is 21.5. The smallest absolute Gasteiger partial charge is 0.254 e. The summed E-state index contributed by atoms with van der Waals surface area (Å²) in [6.45, 7) is 0.880. The van der Waals surface area contributed by atoms with Crippen LogP contribution >= 0.6 is 0 Å². The summed E-state index contributed by atoms with van der Waals surface area (Å²) in [5, 5.41) is 0. The molecule has 2 heterocycles. The van der Waals surface area contributed by atoms with Gasteiger partial charge in [-0.15, -0.1) is 0 Å². The number of pyridine rings is 1. The molecule has 1 fully saturated rings. The van der Waals surface area contributed by atoms with E-state index in [1.807, 2.05) is 6.07 Å². The van der Waals surface area contributed by atoms with Gasteiger partial charge in [0.05, 0.1) is 5.69 Å². The fourth-order valence-electron chi connectivity index (χ4n) is 4.11. The van der Waals surface area contributed by atoms with Crippen molar-refractivity contribution in [3.05, 3.63) is 95.6 Å². The zero-order valence-electron chi connectivity index (χ0n) is 17.5. The van der Waals surface area contributed by atoms with Gasteiger partial charge in [-0.2, -0.15) is 0 Å². The third kappa shape index (κ3) is 4.46. The topological polar surface area (TPSA) is 85.5 Å². The summed E-state index contributed by atoms with van der Waals surface area (Å²) in [5.41, 5.74) is 6.51. The van der Waals surface area contributed by atoms with E-state index < -0.39 is 11.3 Å². The number of carbonyl (C=O) groups is 2. The molecule has 1 saturated heterocycles. The van der Waals surface area contributed by atoms with E-state index >= 15 is 0 Å². The van der Waals surface area contributed by atoms with Crippen molar-refractivity contribution in [3.8, 4) is 5.75 Å². The molecule has 0 unspecified atom stereocenters. The molecular weight excluding hydrogens is 409 g/mol. The van der Waals surface area contributed by atoms with Crippen molar-refractivity contribution in [1.29, 1.82) is 0 Å². The lowest BCUT2D eigenvalue weighted by Crippen LogP contribution is -2.55. The van der Waals surface area contributed by atoms with E-state index in [0.717, 1.165) is 0 Å². The van der Waals surface area contributed by atoms with Gasteiger partial charge in [0.25, 0.3) is 5.91 Å². The van der Waals surface area contributed by atoms with Crippen LogP contribution in [0.15, 0.2) is 72.9 Å². The SMILES string of the molecule is NC(=O)[C@]1(c2ccccn2)CCCN(C(=O)c2cccc(OCc3cccc(F)c3)c2)C1. The Morgan fingerprint density at radius 2 is 1.94 bits per heavy atom. The standard InChI is InChI=1S/C25H24FN3O3/c26-20-8-3-6-18(14-20)16-32-21-9-4-7-19(15-21)23(30)29-13-5-11-25(17-29,24(27)31)22-10-1-2-12-28-22/h1-4,6-10,12,14-15H,5,11,13,16-17H2,(H2,27,31)/t25-/m1/s1. The van der Waals surface area contributed by atoms with E-state index in [0.29, 0.717) is 42.0 Å². The van der Waals surface area contributed by atoms with Crippen LogP contribution in [0.25, 0.3) is 0 Å². The fraction of sp³-hybridized carbons (Fsp3) is 0.240. The van der Waals surface area contributed by atoms with Crippen LogP contribution in [-0.2, 0) is 16.8 Å². The molecule has 0 bridgehead atoms. The number of rotatable bonds is 6. The van der Waals surface area contributed by atoms with Crippen molar-refractivity contribution >= 4 is 11.8 Å². The number of ether oxygens (including phenoxy) is 1. The second-order valence-corrected chi connectivity index (χ2v) is 7.94. The van der Waals surface area contributed by atoms with Gasteiger partial charge >= 0.3 is 0 Å². The number of primary amides is 1. The van der Waals surface area contributed by atoms with Crippen molar-refractivity contribution in [2.45, 2.75) is 24.9 Å². The van der Waals surface area contributed by atoms with Gasteiger partial charge in [-0.25, -0.2) is 4.39 Å². The zero-order valence-corrected chi connectivity index (χ0v) is 17.5. The molecule has 2 N–H and O–H groups in total. The lowest BCUT2D eigenvalue weighted by molar-refractivity contribution is -0.125. The highest BCUT2D eigenvalue weighted by atomic mass is 19.1. The molecule has 0 aliphatic carbocycles. The summed E-state index contributed by atoms with van der Waals surface area (Å²) in [4.78, 5) is 31.7. The molecular formula is C25H24FN3O3. The number of halogens is 1. The van der Waals surface area contributed by atoms with E-state index in [1.54, 1.807) is 59.6 Å². The van der Waals surface area contributed by atoms with Crippen LogP contribution in [0.1, 0.15) is 34.5 Å². The highest BCUT2D eigenvalue weighted by molar-refractivity contribution is 5.96. The lowest BCUT2D eigenvalue weighted by atomic mass is 9.76. The number of hydrogen-bond acceptors (Lipinski definition) is 4. The second kappa shape index (κ2) is 9.18. The van der Waals surface area contributed by atoms with Gasteiger partial charge in [-0.3, -0.25) is 14.6 Å². The van der Waals surface area contributed by atoms with Gasteiger partial charge < -0.3 is 15.4 Å². The Bertz CT molecular complexity index is 1120. The molecule has 0 saturated carbocycles. The van der Waals surface area contributed by atoms with Gasteiger partial charge in [0, 0.05) is 24.8 Å². The molecule has 0 radical (unpaired) electrons. The maximum atomic E-state index is 13.4. The molecule has 3 aromatic rings. The van der Waals surface area contributed by atoms with E-state index in [1.165, 1.54) is 12.1 Å². The van der Waals surface area contributed by atoms with Gasteiger partial charge in [0.15, 0.2) is 0 Å². The van der Waals surface area contributed by atoms with E-state index in [4.69, 9.17) is 10.5 Å². The number of piperidine rings is 1. The van der Waals surface area contributed by atoms with Crippen LogP contribution < -0.4 is 10.5 Å². The summed E-state index contributed by atoms with van der Waals surface area (Å²) in [5.74, 6) is -0.516. The quantitative estimate of drug-likeness (QED) is 0.645. The summed E-state index contributed by atoms with van der Waals surface area (Å²) < 4.78 is 19.1. The van der Waals surface area contributed by atoms with Crippen LogP contribution in [-0.4, -0.2) is 34.8 Å². The van der Waals surface area contributed by atoms with E-state index in [-0.39, 0.29) is 24.9 Å². The molecule has 1 aromatic heterocycles. The molecule has 0 spiro atoms. The molecule has 1 aliphatic heterocycles. The second-order valence-electron chi connectivity index (χ2n) is 7.94. The summed E-state index contributed by atoms with van der Waals surface area (Å²) in [6.07, 6.45) is 2.81. The first-order chi connectivity index (χ1) is 15.5. The Labute approximate surface area is 185 Å². The van der Waals surface area contributed by atoms with Crippen molar-refractivity contribution in [1.82, 2.24) is 9.88 Å². The first-order valence-electron chi connectivity index (χ1n) is 10.5. The van der Waals surface area contributed by atoms with Crippen molar-refractivity contribution in [2.24, 2.45) is 5.73 Å². The molecule has 2 aromatic carbocycles. The average molecular weight is 433 g/mol. The van der Waals surface area contributed by atoms with Gasteiger partial charge in [0.2, 0.25) is 5.91 Å². The number of nitrogens with zero attached hydrogens (tertiary/aromatic N) is 2. The van der Waals surface area contributed by atoms with Crippen LogP contribution in [0.2, 0.25) is 0 Å². The molecule has 2 amide bonds. The molecule has 6 nitrogen and oxygen atoms in total. The minimum absolute atomic E-state index is 0.173. The Balaban J connectivity index is 1.51. The van der Waals surface area contributed by atoms with Gasteiger partial charge in [0.1, 0.15) is 23.6 Å². The fourth-order valence-corrected chi connectivity index (χ4v) is 4.11. The van der Waals surface area contributed by atoms with Crippen LogP contribution in [0, 0.1) is 5.82 Å². The minimum Gasteiger partial charge on any atom is -0.489 e. The molecule has 164 valence electrons. The van der Waals surface area contributed by atoms with Crippen molar-refractivity contribution < 1.29 is 18.7 Å². The Kier molecular flexibility index (Phi) is 6.16. The predicted molar refractivity (Wildman–Crippen MR) is 117 cm³/mol. The normalized spacial score (nSPS) is 18.2. The highest BCUT2D eigenvalue weighted by Gasteiger charge is 2.44. The summed E-state index contributed by atoms with van der Waals surface area (Å²) in [7, 11) is 0.